The molecule has 0 aliphatic carbocycles. The molecule has 0 N–H and O–H groups in total. The van der Waals surface area contributed by atoms with Crippen molar-refractivity contribution in [1.29, 1.82) is 0 Å². The summed E-state index contributed by atoms with van der Waals surface area (Å²) < 4.78 is 13.5. The molecule has 148 valence electrons. The van der Waals surface area contributed by atoms with E-state index in [0.717, 1.165) is 23.1 Å². The zero-order valence-corrected chi connectivity index (χ0v) is 17.8. The number of hydrogen-bond acceptors (Lipinski definition) is 4. The Kier molecular flexibility index (Phi) is 5.69. The van der Waals surface area contributed by atoms with Gasteiger partial charge in [-0.1, -0.05) is 91.0 Å². The Bertz CT molecular complexity index is 817. The van der Waals surface area contributed by atoms with Gasteiger partial charge < -0.3 is 9.47 Å². The fourth-order valence-electron chi connectivity index (χ4n) is 4.00. The summed E-state index contributed by atoms with van der Waals surface area (Å²) in [6, 6.07) is 31.6. The first-order valence-corrected chi connectivity index (χ1v) is 12.2. The van der Waals surface area contributed by atoms with Crippen LogP contribution >= 0.6 is 23.5 Å². The highest BCUT2D eigenvalue weighted by atomic mass is 32.3. The third-order valence-corrected chi connectivity index (χ3v) is 8.66. The van der Waals surface area contributed by atoms with Crippen LogP contribution in [0.5, 0.6) is 0 Å². The Morgan fingerprint density at radius 3 is 1.62 bits per heavy atom. The molecule has 2 saturated heterocycles. The van der Waals surface area contributed by atoms with Gasteiger partial charge in [-0.05, 0) is 23.1 Å². The van der Waals surface area contributed by atoms with Crippen LogP contribution in [0.25, 0.3) is 0 Å². The van der Waals surface area contributed by atoms with E-state index < -0.39 is 5.60 Å². The predicted molar refractivity (Wildman–Crippen MR) is 122 cm³/mol. The summed E-state index contributed by atoms with van der Waals surface area (Å²) >= 11 is 4.06. The van der Waals surface area contributed by atoms with Crippen LogP contribution in [0.4, 0.5) is 0 Å². The number of benzene rings is 3. The maximum Gasteiger partial charge on any atom is 0.143 e. The van der Waals surface area contributed by atoms with E-state index in [9.17, 15) is 0 Å². The molecule has 0 saturated carbocycles. The summed E-state index contributed by atoms with van der Waals surface area (Å²) in [7, 11) is 0. The molecule has 2 aliphatic heterocycles. The molecule has 3 aromatic carbocycles. The Morgan fingerprint density at radius 1 is 0.724 bits per heavy atom. The van der Waals surface area contributed by atoms with Gasteiger partial charge in [0.1, 0.15) is 11.7 Å². The van der Waals surface area contributed by atoms with E-state index >= 15 is 0 Å². The average Bonchev–Trinajstić information content (AvgIpc) is 3.52. The number of thioether (sulfide) groups is 2. The molecule has 3 aromatic rings. The second-order valence-electron chi connectivity index (χ2n) is 7.42. The van der Waals surface area contributed by atoms with E-state index in [0.29, 0.717) is 17.3 Å². The maximum atomic E-state index is 6.84. The second kappa shape index (κ2) is 8.57. The summed E-state index contributed by atoms with van der Waals surface area (Å²) in [4.78, 5) is 0. The van der Waals surface area contributed by atoms with Gasteiger partial charge in [-0.3, -0.25) is 0 Å². The minimum Gasteiger partial charge on any atom is -0.367 e. The number of rotatable bonds is 8. The summed E-state index contributed by atoms with van der Waals surface area (Å²) in [6.45, 7) is 0.589. The van der Waals surface area contributed by atoms with Gasteiger partial charge in [-0.25, -0.2) is 0 Å². The normalized spacial score (nSPS) is 21.5. The van der Waals surface area contributed by atoms with Crippen molar-refractivity contribution in [1.82, 2.24) is 0 Å². The number of epoxide rings is 1. The van der Waals surface area contributed by atoms with Crippen molar-refractivity contribution < 1.29 is 9.47 Å². The van der Waals surface area contributed by atoms with E-state index in [1.807, 2.05) is 23.5 Å². The molecule has 0 amide bonds. The molecular weight excluding hydrogens is 396 g/mol. The lowest BCUT2D eigenvalue weighted by atomic mass is 9.80. The van der Waals surface area contributed by atoms with Crippen LogP contribution in [0, 0.1) is 0 Å². The highest BCUT2D eigenvalue weighted by Crippen LogP contribution is 2.46. The molecule has 2 fully saturated rings. The molecule has 2 heterocycles. The molecule has 2 aliphatic rings. The lowest BCUT2D eigenvalue weighted by molar-refractivity contribution is 0.00427. The van der Waals surface area contributed by atoms with Gasteiger partial charge in [0.15, 0.2) is 0 Å². The van der Waals surface area contributed by atoms with E-state index in [1.165, 1.54) is 5.08 Å². The van der Waals surface area contributed by atoms with Crippen LogP contribution in [-0.2, 0) is 15.1 Å². The molecule has 0 aromatic heterocycles. The van der Waals surface area contributed by atoms with Crippen molar-refractivity contribution >= 4 is 23.5 Å². The first kappa shape index (κ1) is 19.3. The zero-order valence-electron chi connectivity index (χ0n) is 16.1. The van der Waals surface area contributed by atoms with E-state index in [1.54, 1.807) is 0 Å². The zero-order chi connectivity index (χ0) is 19.5. The molecule has 4 heteroatoms. The fourth-order valence-corrected chi connectivity index (χ4v) is 5.96. The predicted octanol–water partition coefficient (Wildman–Crippen LogP) is 5.92. The van der Waals surface area contributed by atoms with Crippen molar-refractivity contribution in [3.63, 3.8) is 0 Å². The third kappa shape index (κ3) is 3.99. The van der Waals surface area contributed by atoms with Crippen molar-refractivity contribution in [3.8, 4) is 0 Å². The van der Waals surface area contributed by atoms with Crippen LogP contribution in [0.15, 0.2) is 91.0 Å². The topological polar surface area (TPSA) is 21.8 Å². The minimum atomic E-state index is -0.653. The van der Waals surface area contributed by atoms with Gasteiger partial charge in [0, 0.05) is 5.08 Å². The van der Waals surface area contributed by atoms with Gasteiger partial charge in [0.2, 0.25) is 0 Å². The Hall–Kier alpha value is -1.72. The maximum absolute atomic E-state index is 6.84. The minimum absolute atomic E-state index is 0.187. The van der Waals surface area contributed by atoms with Crippen LogP contribution in [0.3, 0.4) is 0 Å². The summed E-state index contributed by atoms with van der Waals surface area (Å²) in [5.41, 5.74) is 2.76. The Morgan fingerprint density at radius 2 is 1.21 bits per heavy atom. The van der Waals surface area contributed by atoms with E-state index in [2.05, 4.69) is 91.0 Å². The van der Waals surface area contributed by atoms with Crippen LogP contribution in [0.2, 0.25) is 0 Å². The molecule has 0 unspecified atom stereocenters. The molecular formula is C25H24O2S2. The largest absolute Gasteiger partial charge is 0.367 e. The van der Waals surface area contributed by atoms with Crippen LogP contribution in [-0.4, -0.2) is 28.5 Å². The van der Waals surface area contributed by atoms with E-state index in [4.69, 9.17) is 9.47 Å². The molecule has 0 radical (unpaired) electrons. The molecule has 29 heavy (non-hydrogen) atoms. The van der Waals surface area contributed by atoms with Gasteiger partial charge in [0.05, 0.1) is 17.3 Å². The quantitative estimate of drug-likeness (QED) is 0.333. The summed E-state index contributed by atoms with van der Waals surface area (Å²) in [5, 5.41) is 1.22. The number of ether oxygens (including phenoxy) is 2. The van der Waals surface area contributed by atoms with E-state index in [-0.39, 0.29) is 6.10 Å². The molecule has 0 spiro atoms. The second-order valence-corrected chi connectivity index (χ2v) is 10.5. The molecule has 2 nitrogen and oxygen atoms in total. The Balaban J connectivity index is 1.48. The highest BCUT2D eigenvalue weighted by Gasteiger charge is 2.45. The molecule has 5 rings (SSSR count). The monoisotopic (exact) mass is 420 g/mol. The van der Waals surface area contributed by atoms with Gasteiger partial charge in [-0.2, -0.15) is 0 Å². The summed E-state index contributed by atoms with van der Waals surface area (Å²) in [5.74, 6) is 0. The van der Waals surface area contributed by atoms with Gasteiger partial charge in [-0.15, -0.1) is 23.5 Å². The van der Waals surface area contributed by atoms with Gasteiger partial charge in [0.25, 0.3) is 0 Å². The highest BCUT2D eigenvalue weighted by molar-refractivity contribution is 8.32. The molecule has 0 bridgehead atoms. The van der Waals surface area contributed by atoms with Crippen molar-refractivity contribution in [2.45, 2.75) is 28.8 Å². The van der Waals surface area contributed by atoms with Gasteiger partial charge >= 0.3 is 0 Å². The Labute approximate surface area is 181 Å². The lowest BCUT2D eigenvalue weighted by Gasteiger charge is -2.36. The van der Waals surface area contributed by atoms with Crippen molar-refractivity contribution in [2.24, 2.45) is 0 Å². The van der Waals surface area contributed by atoms with Crippen molar-refractivity contribution in [2.75, 3.05) is 11.7 Å². The molecule has 2 atom stereocenters. The SMILES string of the molecule is c1ccc(C(OC[C@H]2O[C@H]2CC2SCS2)(c2ccccc2)c2ccccc2)cc1. The van der Waals surface area contributed by atoms with Crippen LogP contribution < -0.4 is 0 Å². The lowest BCUT2D eigenvalue weighted by Crippen LogP contribution is -2.34. The first-order chi connectivity index (χ1) is 14.4. The standard InChI is InChI=1S/C25H24O2S2/c1-4-10-19(11-5-1)25(20-12-6-2-7-13-20,21-14-8-3-9-15-21)26-17-23-22(27-23)16-24-28-18-29-24/h1-15,22-24H,16-18H2/t22-,23+/m0/s1. The average molecular weight is 421 g/mol. The number of hydrogen-bond donors (Lipinski definition) is 0. The third-order valence-electron chi connectivity index (χ3n) is 5.63. The fraction of sp³-hybridized carbons (Fsp3) is 0.280. The summed E-state index contributed by atoms with van der Waals surface area (Å²) in [6.07, 6.45) is 1.64. The van der Waals surface area contributed by atoms with Crippen molar-refractivity contribution in [3.05, 3.63) is 108 Å². The smallest absolute Gasteiger partial charge is 0.143 e. The van der Waals surface area contributed by atoms with Crippen LogP contribution in [0.1, 0.15) is 23.1 Å². The first-order valence-electron chi connectivity index (χ1n) is 10.1.